The molecule has 0 bridgehead atoms. The predicted molar refractivity (Wildman–Crippen MR) is 89.2 cm³/mol. The van der Waals surface area contributed by atoms with Gasteiger partial charge in [-0.15, -0.1) is 0 Å². The van der Waals surface area contributed by atoms with Crippen LogP contribution in [0.4, 0.5) is 0 Å². The molecule has 6 heteroatoms. The van der Waals surface area contributed by atoms with E-state index < -0.39 is 0 Å². The first-order valence-electron chi connectivity index (χ1n) is 7.51. The van der Waals surface area contributed by atoms with Gasteiger partial charge in [0, 0.05) is 42.9 Å². The fraction of sp³-hybridized carbons (Fsp3) is 0.294. The molecule has 0 atom stereocenters. The van der Waals surface area contributed by atoms with Gasteiger partial charge in [-0.05, 0) is 25.1 Å². The molecule has 3 rings (SSSR count). The molecule has 6 nitrogen and oxygen atoms in total. The van der Waals surface area contributed by atoms with Crippen molar-refractivity contribution in [3.63, 3.8) is 0 Å². The summed E-state index contributed by atoms with van der Waals surface area (Å²) < 4.78 is 5.05. The van der Waals surface area contributed by atoms with E-state index in [1.54, 1.807) is 13.2 Å². The Morgan fingerprint density at radius 3 is 2.87 bits per heavy atom. The van der Waals surface area contributed by atoms with Gasteiger partial charge in [-0.3, -0.25) is 9.89 Å². The highest BCUT2D eigenvalue weighted by Crippen LogP contribution is 2.10. The largest absolute Gasteiger partial charge is 0.378 e. The number of pyridine rings is 1. The maximum absolute atomic E-state index is 12.2. The van der Waals surface area contributed by atoms with Crippen LogP contribution in [-0.2, 0) is 24.4 Å². The molecule has 0 spiro atoms. The third-order valence-electron chi connectivity index (χ3n) is 3.65. The highest BCUT2D eigenvalue weighted by Gasteiger charge is 2.04. The van der Waals surface area contributed by atoms with Gasteiger partial charge in [-0.1, -0.05) is 11.6 Å². The molecular weight excluding hydrogens is 292 g/mol. The maximum Gasteiger partial charge on any atom is 0.189 e. The van der Waals surface area contributed by atoms with Gasteiger partial charge >= 0.3 is 0 Å². The third kappa shape index (κ3) is 3.67. The first kappa shape index (κ1) is 15.5. The second kappa shape index (κ2) is 6.76. The Labute approximate surface area is 133 Å². The average Bonchev–Trinajstić information content (AvgIpc) is 2.96. The summed E-state index contributed by atoms with van der Waals surface area (Å²) in [6.07, 6.45) is 0. The second-order valence-corrected chi connectivity index (χ2v) is 5.63. The van der Waals surface area contributed by atoms with Crippen LogP contribution in [-0.4, -0.2) is 22.3 Å². The lowest BCUT2D eigenvalue weighted by Gasteiger charge is -2.06. The number of benzene rings is 1. The van der Waals surface area contributed by atoms with E-state index in [9.17, 15) is 4.79 Å². The Hall–Kier alpha value is -2.44. The lowest BCUT2D eigenvalue weighted by Crippen LogP contribution is -2.16. The highest BCUT2D eigenvalue weighted by molar-refractivity contribution is 5.79. The smallest absolute Gasteiger partial charge is 0.189 e. The zero-order valence-corrected chi connectivity index (χ0v) is 13.3. The molecule has 0 aliphatic heterocycles. The van der Waals surface area contributed by atoms with Gasteiger partial charge in [-0.25, -0.2) is 0 Å². The molecule has 0 saturated carbocycles. The number of methoxy groups -OCH3 is 1. The normalized spacial score (nSPS) is 11.2. The molecule has 0 saturated heterocycles. The number of hydrogen-bond acceptors (Lipinski definition) is 4. The van der Waals surface area contributed by atoms with Crippen molar-refractivity contribution >= 4 is 10.9 Å². The SMILES string of the molecule is COCc1cc(CNCc2cc(=O)c3cc(C)ccc3[nH]2)n[nH]1. The lowest BCUT2D eigenvalue weighted by atomic mass is 10.1. The molecule has 120 valence electrons. The van der Waals surface area contributed by atoms with Crippen molar-refractivity contribution in [2.75, 3.05) is 7.11 Å². The molecule has 0 aliphatic carbocycles. The molecule has 3 aromatic rings. The first-order chi connectivity index (χ1) is 11.2. The maximum atomic E-state index is 12.2. The van der Waals surface area contributed by atoms with Gasteiger partial charge in [0.25, 0.3) is 0 Å². The van der Waals surface area contributed by atoms with Crippen LogP contribution in [0.1, 0.15) is 22.6 Å². The van der Waals surface area contributed by atoms with Gasteiger partial charge in [0.05, 0.1) is 18.0 Å². The van der Waals surface area contributed by atoms with Crippen molar-refractivity contribution in [2.24, 2.45) is 0 Å². The van der Waals surface area contributed by atoms with Gasteiger partial charge in [0.1, 0.15) is 0 Å². The van der Waals surface area contributed by atoms with Crippen LogP contribution in [0.5, 0.6) is 0 Å². The van der Waals surface area contributed by atoms with E-state index in [0.29, 0.717) is 19.7 Å². The zero-order valence-electron chi connectivity index (χ0n) is 13.3. The Morgan fingerprint density at radius 1 is 1.17 bits per heavy atom. The van der Waals surface area contributed by atoms with Crippen LogP contribution in [0.25, 0.3) is 10.9 Å². The van der Waals surface area contributed by atoms with Gasteiger partial charge in [0.2, 0.25) is 0 Å². The number of aromatic nitrogens is 3. The van der Waals surface area contributed by atoms with Crippen LogP contribution in [0, 0.1) is 6.92 Å². The molecule has 3 N–H and O–H groups in total. The van der Waals surface area contributed by atoms with Crippen molar-refractivity contribution in [3.05, 3.63) is 63.2 Å². The summed E-state index contributed by atoms with van der Waals surface area (Å²) >= 11 is 0. The standard InChI is InChI=1S/C17H20N4O2/c1-11-3-4-16-15(5-11)17(22)7-12(19-16)8-18-9-13-6-14(10-23-2)21-20-13/h3-7,18H,8-10H2,1-2H3,(H,19,22)(H,20,21). The molecule has 0 aliphatic rings. The Balaban J connectivity index is 1.67. The number of ether oxygens (including phenoxy) is 1. The van der Waals surface area contributed by atoms with E-state index in [1.165, 1.54) is 0 Å². The van der Waals surface area contributed by atoms with Crippen molar-refractivity contribution < 1.29 is 4.74 Å². The summed E-state index contributed by atoms with van der Waals surface area (Å²) in [5.41, 5.74) is 4.70. The minimum atomic E-state index is 0.0430. The van der Waals surface area contributed by atoms with E-state index in [0.717, 1.165) is 33.5 Å². The van der Waals surface area contributed by atoms with Gasteiger partial charge in [-0.2, -0.15) is 5.10 Å². The number of rotatable bonds is 6. The summed E-state index contributed by atoms with van der Waals surface area (Å²) in [6.45, 7) is 3.69. The topological polar surface area (TPSA) is 82.8 Å². The highest BCUT2D eigenvalue weighted by atomic mass is 16.5. The average molecular weight is 312 g/mol. The second-order valence-electron chi connectivity index (χ2n) is 5.63. The fourth-order valence-electron chi connectivity index (χ4n) is 2.57. The molecule has 0 unspecified atom stereocenters. The number of nitrogens with zero attached hydrogens (tertiary/aromatic N) is 1. The van der Waals surface area contributed by atoms with E-state index in [1.807, 2.05) is 31.2 Å². The number of hydrogen-bond donors (Lipinski definition) is 3. The molecule has 23 heavy (non-hydrogen) atoms. The minimum Gasteiger partial charge on any atom is -0.378 e. The number of aromatic amines is 2. The van der Waals surface area contributed by atoms with E-state index >= 15 is 0 Å². The quantitative estimate of drug-likeness (QED) is 0.650. The lowest BCUT2D eigenvalue weighted by molar-refractivity contribution is 0.181. The molecule has 0 radical (unpaired) electrons. The van der Waals surface area contributed by atoms with Crippen LogP contribution in [0.3, 0.4) is 0 Å². The van der Waals surface area contributed by atoms with E-state index in [4.69, 9.17) is 4.74 Å². The van der Waals surface area contributed by atoms with Crippen LogP contribution >= 0.6 is 0 Å². The van der Waals surface area contributed by atoms with Crippen molar-refractivity contribution in [1.29, 1.82) is 0 Å². The number of aryl methyl sites for hydroxylation is 1. The zero-order chi connectivity index (χ0) is 16.2. The summed E-state index contributed by atoms with van der Waals surface area (Å²) in [5, 5.41) is 11.1. The summed E-state index contributed by atoms with van der Waals surface area (Å²) in [4.78, 5) is 15.5. The van der Waals surface area contributed by atoms with Gasteiger partial charge < -0.3 is 15.0 Å². The number of nitrogens with one attached hydrogen (secondary N) is 3. The van der Waals surface area contributed by atoms with Crippen molar-refractivity contribution in [1.82, 2.24) is 20.5 Å². The molecular formula is C17H20N4O2. The van der Waals surface area contributed by atoms with Crippen LogP contribution < -0.4 is 10.7 Å². The molecule has 2 heterocycles. The summed E-state index contributed by atoms with van der Waals surface area (Å²) in [7, 11) is 1.65. The molecule has 2 aromatic heterocycles. The molecule has 1 aromatic carbocycles. The minimum absolute atomic E-state index is 0.0430. The van der Waals surface area contributed by atoms with Crippen molar-refractivity contribution in [2.45, 2.75) is 26.6 Å². The summed E-state index contributed by atoms with van der Waals surface area (Å²) in [6, 6.07) is 9.46. The third-order valence-corrected chi connectivity index (χ3v) is 3.65. The Morgan fingerprint density at radius 2 is 2.04 bits per heavy atom. The number of fused-ring (bicyclic) bond motifs is 1. The Kier molecular flexibility index (Phi) is 4.55. The van der Waals surface area contributed by atoms with E-state index in [2.05, 4.69) is 20.5 Å². The summed E-state index contributed by atoms with van der Waals surface area (Å²) in [5.74, 6) is 0. The fourth-order valence-corrected chi connectivity index (χ4v) is 2.57. The van der Waals surface area contributed by atoms with Crippen molar-refractivity contribution in [3.8, 4) is 0 Å². The van der Waals surface area contributed by atoms with Gasteiger partial charge in [0.15, 0.2) is 5.43 Å². The van der Waals surface area contributed by atoms with Crippen LogP contribution in [0.2, 0.25) is 0 Å². The number of H-pyrrole nitrogens is 2. The Bertz CT molecular complexity index is 866. The van der Waals surface area contributed by atoms with Crippen LogP contribution in [0.15, 0.2) is 35.1 Å². The molecule has 0 fully saturated rings. The first-order valence-corrected chi connectivity index (χ1v) is 7.51. The van der Waals surface area contributed by atoms with E-state index in [-0.39, 0.29) is 5.43 Å². The monoisotopic (exact) mass is 312 g/mol. The molecule has 0 amide bonds. The predicted octanol–water partition coefficient (Wildman–Crippen LogP) is 2.00.